The Balaban J connectivity index is 0.00000200. The number of halogens is 1. The van der Waals surface area contributed by atoms with E-state index in [0.29, 0.717) is 18.9 Å². The Kier molecular flexibility index (Phi) is 7.41. The molecule has 1 unspecified atom stereocenters. The minimum absolute atomic E-state index is 0. The Labute approximate surface area is 126 Å². The molecule has 1 aliphatic heterocycles. The second kappa shape index (κ2) is 8.82. The van der Waals surface area contributed by atoms with Gasteiger partial charge in [-0.2, -0.15) is 0 Å². The summed E-state index contributed by atoms with van der Waals surface area (Å²) in [5.41, 5.74) is 0.831. The molecular formula is C15H23ClN2O2. The van der Waals surface area contributed by atoms with E-state index in [2.05, 4.69) is 10.6 Å². The molecule has 112 valence electrons. The number of ether oxygens (including phenoxy) is 1. The quantitative estimate of drug-likeness (QED) is 0.849. The average Bonchev–Trinajstić information content (AvgIpc) is 2.92. The van der Waals surface area contributed by atoms with Gasteiger partial charge in [0, 0.05) is 12.1 Å². The number of anilines is 1. The number of hydrogen-bond donors (Lipinski definition) is 2. The highest BCUT2D eigenvalue weighted by Gasteiger charge is 2.15. The van der Waals surface area contributed by atoms with Crippen LogP contribution in [0.1, 0.15) is 26.2 Å². The summed E-state index contributed by atoms with van der Waals surface area (Å²) in [5.74, 6) is 1.58. The van der Waals surface area contributed by atoms with Gasteiger partial charge in [0.2, 0.25) is 5.91 Å². The predicted octanol–water partition coefficient (Wildman–Crippen LogP) is 2.84. The zero-order valence-corrected chi connectivity index (χ0v) is 12.7. The van der Waals surface area contributed by atoms with Crippen molar-refractivity contribution in [3.8, 4) is 5.75 Å². The summed E-state index contributed by atoms with van der Waals surface area (Å²) < 4.78 is 5.36. The van der Waals surface area contributed by atoms with Gasteiger partial charge in [-0.05, 0) is 63.0 Å². The van der Waals surface area contributed by atoms with Gasteiger partial charge in [0.15, 0.2) is 0 Å². The first-order chi connectivity index (χ1) is 9.28. The number of carbonyl (C=O) groups is 1. The highest BCUT2D eigenvalue weighted by Crippen LogP contribution is 2.17. The van der Waals surface area contributed by atoms with Crippen LogP contribution in [0.5, 0.6) is 5.75 Å². The maximum Gasteiger partial charge on any atom is 0.224 e. The molecule has 4 nitrogen and oxygen atoms in total. The molecule has 1 saturated heterocycles. The first kappa shape index (κ1) is 16.8. The van der Waals surface area contributed by atoms with Crippen LogP contribution in [0.4, 0.5) is 5.69 Å². The van der Waals surface area contributed by atoms with Gasteiger partial charge in [0.05, 0.1) is 6.61 Å². The summed E-state index contributed by atoms with van der Waals surface area (Å²) in [7, 11) is 0. The fraction of sp³-hybridized carbons (Fsp3) is 0.533. The number of amides is 1. The molecule has 0 aromatic heterocycles. The summed E-state index contributed by atoms with van der Waals surface area (Å²) in [6, 6.07) is 7.50. The molecule has 0 saturated carbocycles. The Hall–Kier alpha value is -1.26. The molecule has 0 radical (unpaired) electrons. The number of rotatable bonds is 6. The molecule has 1 aromatic rings. The summed E-state index contributed by atoms with van der Waals surface area (Å²) in [6.45, 7) is 4.75. The molecule has 1 aliphatic rings. The van der Waals surface area contributed by atoms with E-state index in [0.717, 1.165) is 30.9 Å². The van der Waals surface area contributed by atoms with E-state index in [4.69, 9.17) is 4.74 Å². The monoisotopic (exact) mass is 298 g/mol. The third-order valence-corrected chi connectivity index (χ3v) is 3.39. The van der Waals surface area contributed by atoms with Crippen molar-refractivity contribution in [2.45, 2.75) is 26.2 Å². The first-order valence-corrected chi connectivity index (χ1v) is 7.01. The van der Waals surface area contributed by atoms with E-state index >= 15 is 0 Å². The molecule has 0 aliphatic carbocycles. The van der Waals surface area contributed by atoms with Gasteiger partial charge in [-0.25, -0.2) is 0 Å². The zero-order valence-electron chi connectivity index (χ0n) is 11.9. The second-order valence-corrected chi connectivity index (χ2v) is 4.90. The molecule has 1 fully saturated rings. The molecular weight excluding hydrogens is 276 g/mol. The van der Waals surface area contributed by atoms with Gasteiger partial charge < -0.3 is 15.4 Å². The first-order valence-electron chi connectivity index (χ1n) is 7.01. The average molecular weight is 299 g/mol. The van der Waals surface area contributed by atoms with Crippen molar-refractivity contribution in [3.05, 3.63) is 24.3 Å². The standard InChI is InChI=1S/C15H22N2O2.ClH/c1-2-19-14-6-4-13(5-7-14)17-15(18)8-3-12-9-10-16-11-12;/h4-7,12,16H,2-3,8-11H2,1H3,(H,17,18);1H. The Morgan fingerprint density at radius 3 is 2.75 bits per heavy atom. The maximum atomic E-state index is 11.8. The van der Waals surface area contributed by atoms with Crippen LogP contribution >= 0.6 is 12.4 Å². The molecule has 0 spiro atoms. The largest absolute Gasteiger partial charge is 0.494 e. The van der Waals surface area contributed by atoms with Crippen LogP contribution in [0.2, 0.25) is 0 Å². The second-order valence-electron chi connectivity index (χ2n) is 4.90. The van der Waals surface area contributed by atoms with Gasteiger partial charge in [0.25, 0.3) is 0 Å². The van der Waals surface area contributed by atoms with E-state index in [1.165, 1.54) is 6.42 Å². The minimum Gasteiger partial charge on any atom is -0.494 e. The highest BCUT2D eigenvalue weighted by molar-refractivity contribution is 5.90. The SMILES string of the molecule is CCOc1ccc(NC(=O)CCC2CCNC2)cc1.Cl. The van der Waals surface area contributed by atoms with Gasteiger partial charge in [-0.15, -0.1) is 12.4 Å². The maximum absolute atomic E-state index is 11.8. The van der Waals surface area contributed by atoms with E-state index in [9.17, 15) is 4.79 Å². The highest BCUT2D eigenvalue weighted by atomic mass is 35.5. The van der Waals surface area contributed by atoms with Crippen LogP contribution in [0.25, 0.3) is 0 Å². The predicted molar refractivity (Wildman–Crippen MR) is 83.7 cm³/mol. The molecule has 1 amide bonds. The third-order valence-electron chi connectivity index (χ3n) is 3.39. The summed E-state index contributed by atoms with van der Waals surface area (Å²) in [4.78, 5) is 11.8. The Morgan fingerprint density at radius 1 is 1.40 bits per heavy atom. The molecule has 1 aromatic carbocycles. The van der Waals surface area contributed by atoms with Crippen molar-refractivity contribution in [3.63, 3.8) is 0 Å². The topological polar surface area (TPSA) is 50.4 Å². The van der Waals surface area contributed by atoms with Crippen LogP contribution in [0, 0.1) is 5.92 Å². The lowest BCUT2D eigenvalue weighted by Crippen LogP contribution is -2.14. The molecule has 1 heterocycles. The van der Waals surface area contributed by atoms with Crippen LogP contribution in [0.3, 0.4) is 0 Å². The van der Waals surface area contributed by atoms with Gasteiger partial charge in [-0.1, -0.05) is 0 Å². The number of carbonyl (C=O) groups excluding carboxylic acids is 1. The molecule has 0 bridgehead atoms. The van der Waals surface area contributed by atoms with E-state index < -0.39 is 0 Å². The minimum atomic E-state index is 0. The van der Waals surface area contributed by atoms with E-state index in [1.807, 2.05) is 31.2 Å². The van der Waals surface area contributed by atoms with Crippen molar-refractivity contribution in [1.82, 2.24) is 5.32 Å². The van der Waals surface area contributed by atoms with Gasteiger partial charge in [-0.3, -0.25) is 4.79 Å². The third kappa shape index (κ3) is 5.39. The summed E-state index contributed by atoms with van der Waals surface area (Å²) >= 11 is 0. The molecule has 2 N–H and O–H groups in total. The lowest BCUT2D eigenvalue weighted by atomic mass is 10.0. The fourth-order valence-corrected chi connectivity index (χ4v) is 2.32. The van der Waals surface area contributed by atoms with Crippen molar-refractivity contribution >= 4 is 24.0 Å². The van der Waals surface area contributed by atoms with Crippen molar-refractivity contribution in [1.29, 1.82) is 0 Å². The fourth-order valence-electron chi connectivity index (χ4n) is 2.32. The summed E-state index contributed by atoms with van der Waals surface area (Å²) in [5, 5.41) is 6.24. The molecule has 1 atom stereocenters. The normalized spacial score (nSPS) is 17.4. The summed E-state index contributed by atoms with van der Waals surface area (Å²) in [6.07, 6.45) is 2.76. The van der Waals surface area contributed by atoms with Gasteiger partial charge >= 0.3 is 0 Å². The van der Waals surface area contributed by atoms with Gasteiger partial charge in [0.1, 0.15) is 5.75 Å². The smallest absolute Gasteiger partial charge is 0.224 e. The molecule has 5 heteroatoms. The Morgan fingerprint density at radius 2 is 2.15 bits per heavy atom. The van der Waals surface area contributed by atoms with E-state index in [-0.39, 0.29) is 18.3 Å². The Bertz CT molecular complexity index is 403. The van der Waals surface area contributed by atoms with Crippen LogP contribution < -0.4 is 15.4 Å². The van der Waals surface area contributed by atoms with Crippen molar-refractivity contribution < 1.29 is 9.53 Å². The van der Waals surface area contributed by atoms with Crippen LogP contribution in [-0.2, 0) is 4.79 Å². The number of nitrogens with one attached hydrogen (secondary N) is 2. The van der Waals surface area contributed by atoms with E-state index in [1.54, 1.807) is 0 Å². The zero-order chi connectivity index (χ0) is 13.5. The van der Waals surface area contributed by atoms with Crippen LogP contribution in [-0.4, -0.2) is 25.6 Å². The van der Waals surface area contributed by atoms with Crippen molar-refractivity contribution in [2.75, 3.05) is 25.0 Å². The molecule has 2 rings (SSSR count). The van der Waals surface area contributed by atoms with Crippen molar-refractivity contribution in [2.24, 2.45) is 5.92 Å². The lowest BCUT2D eigenvalue weighted by molar-refractivity contribution is -0.116. The number of hydrogen-bond acceptors (Lipinski definition) is 3. The van der Waals surface area contributed by atoms with Crippen LogP contribution in [0.15, 0.2) is 24.3 Å². The lowest BCUT2D eigenvalue weighted by Gasteiger charge is -2.09. The number of benzene rings is 1. The molecule has 20 heavy (non-hydrogen) atoms.